The molecular weight excluding hydrogens is 741 g/mol. The molecule has 0 spiro atoms. The standard InChI is InChI=1S/C58H44N2O/c1-57(2)47-22-11-10-20-45(47)46-31-30-42(36-49(46)57)59(41-28-25-38(26-29-41)37-15-6-5-7-16-37)53-34-32-48-55-56(53)61-54-24-13-12-23-52(54)60(55)51-33-27-40(35-50(51)58(48,3)4)44-21-14-18-39-17-8-9-19-43(39)44/h5-36H,1-4H3. The largest absolute Gasteiger partial charge is 0.451 e. The average molecular weight is 785 g/mol. The highest BCUT2D eigenvalue weighted by molar-refractivity contribution is 6.01. The summed E-state index contributed by atoms with van der Waals surface area (Å²) in [7, 11) is 0. The van der Waals surface area contributed by atoms with Crippen molar-refractivity contribution in [1.82, 2.24) is 0 Å². The van der Waals surface area contributed by atoms with E-state index in [-0.39, 0.29) is 10.8 Å². The quantitative estimate of drug-likeness (QED) is 0.173. The lowest BCUT2D eigenvalue weighted by molar-refractivity contribution is 0.472. The van der Waals surface area contributed by atoms with E-state index in [4.69, 9.17) is 4.74 Å². The molecule has 2 heterocycles. The first-order chi connectivity index (χ1) is 29.8. The van der Waals surface area contributed by atoms with Gasteiger partial charge in [-0.1, -0.05) is 167 Å². The van der Waals surface area contributed by atoms with Gasteiger partial charge in [-0.15, -0.1) is 0 Å². The minimum absolute atomic E-state index is 0.153. The van der Waals surface area contributed by atoms with Gasteiger partial charge in [0.15, 0.2) is 11.5 Å². The first-order valence-electron chi connectivity index (χ1n) is 21.3. The average Bonchev–Trinajstić information content (AvgIpc) is 3.53. The van der Waals surface area contributed by atoms with Gasteiger partial charge >= 0.3 is 0 Å². The first-order valence-corrected chi connectivity index (χ1v) is 21.3. The number of hydrogen-bond acceptors (Lipinski definition) is 3. The third kappa shape index (κ3) is 5.23. The molecule has 3 nitrogen and oxygen atoms in total. The summed E-state index contributed by atoms with van der Waals surface area (Å²) in [6.45, 7) is 9.44. The van der Waals surface area contributed by atoms with Crippen molar-refractivity contribution >= 4 is 44.9 Å². The van der Waals surface area contributed by atoms with Crippen molar-refractivity contribution in [1.29, 1.82) is 0 Å². The molecule has 0 amide bonds. The highest BCUT2D eigenvalue weighted by Crippen LogP contribution is 2.63. The molecule has 0 aromatic heterocycles. The van der Waals surface area contributed by atoms with Crippen molar-refractivity contribution in [2.24, 2.45) is 0 Å². The first kappa shape index (κ1) is 35.6. The summed E-state index contributed by atoms with van der Waals surface area (Å²) in [5, 5.41) is 2.51. The molecule has 2 aliphatic heterocycles. The van der Waals surface area contributed by atoms with Gasteiger partial charge in [0.1, 0.15) is 0 Å². The molecule has 9 aromatic carbocycles. The summed E-state index contributed by atoms with van der Waals surface area (Å²) in [5.74, 6) is 1.69. The van der Waals surface area contributed by atoms with Crippen LogP contribution in [0.4, 0.5) is 34.1 Å². The monoisotopic (exact) mass is 784 g/mol. The molecule has 0 fully saturated rings. The lowest BCUT2D eigenvalue weighted by atomic mass is 9.72. The van der Waals surface area contributed by atoms with Gasteiger partial charge in [-0.25, -0.2) is 0 Å². The third-order valence-corrected chi connectivity index (χ3v) is 13.6. The summed E-state index contributed by atoms with van der Waals surface area (Å²) >= 11 is 0. The summed E-state index contributed by atoms with van der Waals surface area (Å²) < 4.78 is 7.22. The van der Waals surface area contributed by atoms with E-state index in [0.29, 0.717) is 0 Å². The maximum absolute atomic E-state index is 7.22. The van der Waals surface area contributed by atoms with E-state index < -0.39 is 0 Å². The fourth-order valence-corrected chi connectivity index (χ4v) is 10.5. The zero-order valence-corrected chi connectivity index (χ0v) is 34.8. The minimum atomic E-state index is -0.337. The molecule has 61 heavy (non-hydrogen) atoms. The van der Waals surface area contributed by atoms with Crippen molar-refractivity contribution in [2.45, 2.75) is 38.5 Å². The molecule has 0 radical (unpaired) electrons. The lowest BCUT2D eigenvalue weighted by Gasteiger charge is -2.46. The molecule has 3 heteroatoms. The van der Waals surface area contributed by atoms with E-state index in [2.05, 4.69) is 232 Å². The highest BCUT2D eigenvalue weighted by Gasteiger charge is 2.44. The SMILES string of the molecule is CC1(C)c2ccccc2-c2ccc(N(c3ccc(-c4ccccc4)cc3)c3ccc4c5c3Oc3ccccc3N5c3ccc(-c5cccc6ccccc56)cc3C4(C)C)cc21. The van der Waals surface area contributed by atoms with Gasteiger partial charge in [-0.2, -0.15) is 0 Å². The van der Waals surface area contributed by atoms with Crippen LogP contribution in [0.15, 0.2) is 194 Å². The molecule has 0 atom stereocenters. The van der Waals surface area contributed by atoms with Gasteiger partial charge in [-0.3, -0.25) is 0 Å². The summed E-state index contributed by atoms with van der Waals surface area (Å²) in [5.41, 5.74) is 18.6. The zero-order chi connectivity index (χ0) is 41.0. The van der Waals surface area contributed by atoms with Gasteiger partial charge in [0.2, 0.25) is 0 Å². The molecule has 292 valence electrons. The molecule has 0 bridgehead atoms. The number of nitrogens with zero attached hydrogens (tertiary/aromatic N) is 2. The topological polar surface area (TPSA) is 15.7 Å². The number of benzene rings is 9. The van der Waals surface area contributed by atoms with Crippen LogP contribution in [-0.4, -0.2) is 0 Å². The predicted octanol–water partition coefficient (Wildman–Crippen LogP) is 16.2. The van der Waals surface area contributed by atoms with E-state index in [0.717, 1.165) is 39.9 Å². The molecule has 0 saturated heterocycles. The maximum atomic E-state index is 7.22. The van der Waals surface area contributed by atoms with E-state index in [1.165, 1.54) is 72.1 Å². The molecule has 0 saturated carbocycles. The molecule has 1 aliphatic carbocycles. The van der Waals surface area contributed by atoms with Gasteiger partial charge in [0, 0.05) is 22.2 Å². The number of ether oxygens (including phenoxy) is 1. The Bertz CT molecular complexity index is 3230. The Morgan fingerprint density at radius 2 is 1.08 bits per heavy atom. The van der Waals surface area contributed by atoms with Gasteiger partial charge in [-0.05, 0) is 121 Å². The van der Waals surface area contributed by atoms with Crippen molar-refractivity contribution < 1.29 is 4.74 Å². The van der Waals surface area contributed by atoms with E-state index >= 15 is 0 Å². The minimum Gasteiger partial charge on any atom is -0.451 e. The highest BCUT2D eigenvalue weighted by atomic mass is 16.5. The predicted molar refractivity (Wildman–Crippen MR) is 254 cm³/mol. The second-order valence-corrected chi connectivity index (χ2v) is 17.7. The van der Waals surface area contributed by atoms with Gasteiger partial charge < -0.3 is 14.5 Å². The fourth-order valence-electron chi connectivity index (χ4n) is 10.5. The van der Waals surface area contributed by atoms with Crippen LogP contribution in [0.2, 0.25) is 0 Å². The van der Waals surface area contributed by atoms with E-state index in [1.807, 2.05) is 0 Å². The molecule has 0 unspecified atom stereocenters. The molecule has 3 aliphatic rings. The van der Waals surface area contributed by atoms with Gasteiger partial charge in [0.25, 0.3) is 0 Å². The maximum Gasteiger partial charge on any atom is 0.175 e. The van der Waals surface area contributed by atoms with Crippen LogP contribution >= 0.6 is 0 Å². The van der Waals surface area contributed by atoms with E-state index in [1.54, 1.807) is 0 Å². The molecular formula is C58H44N2O. The molecule has 12 rings (SSSR count). The van der Waals surface area contributed by atoms with Crippen LogP contribution in [-0.2, 0) is 10.8 Å². The zero-order valence-electron chi connectivity index (χ0n) is 34.8. The Labute approximate surface area is 357 Å². The smallest absolute Gasteiger partial charge is 0.175 e. The Hall–Kier alpha value is -7.36. The van der Waals surface area contributed by atoms with Crippen molar-refractivity contribution in [2.75, 3.05) is 9.80 Å². The number of rotatable bonds is 5. The van der Waals surface area contributed by atoms with Crippen molar-refractivity contribution in [3.8, 4) is 44.9 Å². The molecule has 0 N–H and O–H groups in total. The van der Waals surface area contributed by atoms with Crippen LogP contribution in [0, 0.1) is 0 Å². The summed E-state index contributed by atoms with van der Waals surface area (Å²) in [6.07, 6.45) is 0. The van der Waals surface area contributed by atoms with Gasteiger partial charge in [0.05, 0.1) is 22.7 Å². The number of hydrogen-bond donors (Lipinski definition) is 0. The Balaban J connectivity index is 1.07. The number of para-hydroxylation sites is 2. The number of fused-ring (bicyclic) bond motifs is 8. The third-order valence-electron chi connectivity index (χ3n) is 13.6. The van der Waals surface area contributed by atoms with E-state index in [9.17, 15) is 0 Å². The lowest BCUT2D eigenvalue weighted by Crippen LogP contribution is -2.33. The summed E-state index contributed by atoms with van der Waals surface area (Å²) in [6, 6.07) is 71.0. The van der Waals surface area contributed by atoms with Crippen molar-refractivity contribution in [3.63, 3.8) is 0 Å². The van der Waals surface area contributed by atoms with Crippen molar-refractivity contribution in [3.05, 3.63) is 216 Å². The number of anilines is 6. The second-order valence-electron chi connectivity index (χ2n) is 17.7. The summed E-state index contributed by atoms with van der Waals surface area (Å²) in [4.78, 5) is 4.86. The Morgan fingerprint density at radius 1 is 0.426 bits per heavy atom. The van der Waals surface area contributed by atoms with Crippen LogP contribution in [0.3, 0.4) is 0 Å². The molecule has 9 aromatic rings. The second kappa shape index (κ2) is 13.1. The normalized spacial score (nSPS) is 14.6. The van der Waals surface area contributed by atoms with Crippen LogP contribution in [0.5, 0.6) is 11.5 Å². The Kier molecular flexibility index (Phi) is 7.62. The van der Waals surface area contributed by atoms with Crippen LogP contribution in [0.1, 0.15) is 49.9 Å². The Morgan fingerprint density at radius 3 is 1.95 bits per heavy atom. The van der Waals surface area contributed by atoms with Crippen LogP contribution in [0.25, 0.3) is 44.2 Å². The fraction of sp³-hybridized carbons (Fsp3) is 0.103. The van der Waals surface area contributed by atoms with Crippen LogP contribution < -0.4 is 14.5 Å².